The Labute approximate surface area is 164 Å². The summed E-state index contributed by atoms with van der Waals surface area (Å²) >= 11 is 0. The summed E-state index contributed by atoms with van der Waals surface area (Å²) < 4.78 is 0. The van der Waals surface area contributed by atoms with Crippen LogP contribution in [0.5, 0.6) is 0 Å². The second-order valence-electron chi connectivity index (χ2n) is 4.99. The summed E-state index contributed by atoms with van der Waals surface area (Å²) in [5.41, 5.74) is 6.03. The van der Waals surface area contributed by atoms with Crippen molar-refractivity contribution in [1.29, 1.82) is 0 Å². The second kappa shape index (κ2) is 12.5. The maximum absolute atomic E-state index is 4.71. The maximum atomic E-state index is 4.71. The number of fused-ring (bicyclic) bond motifs is 1. The van der Waals surface area contributed by atoms with Crippen molar-refractivity contribution in [1.82, 2.24) is 9.97 Å². The van der Waals surface area contributed by atoms with E-state index in [1.54, 1.807) is 6.20 Å². The van der Waals surface area contributed by atoms with Crippen LogP contribution in [0.25, 0.3) is 11.4 Å². The van der Waals surface area contributed by atoms with Crippen molar-refractivity contribution >= 4 is 11.4 Å². The third-order valence-electron chi connectivity index (χ3n) is 3.58. The van der Waals surface area contributed by atoms with E-state index in [-0.39, 0.29) is 0 Å². The molecule has 1 aliphatic heterocycles. The number of aliphatic imine (C=N–C) groups is 1. The molecular weight excluding hydrogens is 330 g/mol. The highest BCUT2D eigenvalue weighted by atomic mass is 14.8. The molecule has 3 heterocycles. The van der Waals surface area contributed by atoms with Gasteiger partial charge in [0, 0.05) is 12.6 Å². The zero-order valence-electron chi connectivity index (χ0n) is 17.4. The van der Waals surface area contributed by atoms with Crippen molar-refractivity contribution in [2.75, 3.05) is 0 Å². The molecule has 1 aromatic carbocycles. The Morgan fingerprint density at radius 1 is 0.630 bits per heavy atom. The first-order chi connectivity index (χ1) is 13.4. The number of benzene rings is 1. The van der Waals surface area contributed by atoms with Gasteiger partial charge < -0.3 is 0 Å². The number of para-hydroxylation sites is 1. The molecule has 2 aromatic heterocycles. The van der Waals surface area contributed by atoms with Gasteiger partial charge in [0.25, 0.3) is 0 Å². The number of aromatic nitrogens is 2. The molecule has 0 saturated heterocycles. The molecule has 0 amide bonds. The molecule has 27 heavy (non-hydrogen) atoms. The molecule has 0 aliphatic carbocycles. The van der Waals surface area contributed by atoms with Gasteiger partial charge in [-0.15, -0.1) is 0 Å². The number of hydrogen-bond donors (Lipinski definition) is 0. The minimum Gasteiger partial charge on any atom is -0.255 e. The first-order valence-electron chi connectivity index (χ1n) is 9.94. The van der Waals surface area contributed by atoms with Crippen molar-refractivity contribution in [2.45, 2.75) is 48.0 Å². The fourth-order valence-electron chi connectivity index (χ4n) is 2.53. The molecular formula is C24H31N3. The van der Waals surface area contributed by atoms with E-state index < -0.39 is 0 Å². The quantitative estimate of drug-likeness (QED) is 0.498. The fourth-order valence-corrected chi connectivity index (χ4v) is 2.53. The minimum absolute atomic E-state index is 0.842. The molecule has 142 valence electrons. The van der Waals surface area contributed by atoms with Gasteiger partial charge in [-0.05, 0) is 35.9 Å². The largest absolute Gasteiger partial charge is 0.255 e. The third-order valence-corrected chi connectivity index (χ3v) is 3.58. The van der Waals surface area contributed by atoms with Gasteiger partial charge in [0.1, 0.15) is 0 Å². The van der Waals surface area contributed by atoms with Gasteiger partial charge in [0.2, 0.25) is 0 Å². The Balaban J connectivity index is 0.000000556. The van der Waals surface area contributed by atoms with E-state index in [2.05, 4.69) is 17.1 Å². The fraction of sp³-hybridized carbons (Fsp3) is 0.292. The maximum Gasteiger partial charge on any atom is 0.0894 e. The average Bonchev–Trinajstić information content (AvgIpc) is 3.23. The van der Waals surface area contributed by atoms with E-state index >= 15 is 0 Å². The predicted octanol–water partition coefficient (Wildman–Crippen LogP) is 6.90. The number of nitrogens with zero attached hydrogens (tertiary/aromatic N) is 3. The van der Waals surface area contributed by atoms with Crippen molar-refractivity contribution in [3.63, 3.8) is 0 Å². The van der Waals surface area contributed by atoms with Crippen molar-refractivity contribution in [2.24, 2.45) is 4.99 Å². The van der Waals surface area contributed by atoms with Gasteiger partial charge in [-0.3, -0.25) is 9.98 Å². The van der Waals surface area contributed by atoms with Gasteiger partial charge in [-0.1, -0.05) is 71.9 Å². The van der Waals surface area contributed by atoms with Crippen LogP contribution in [-0.2, 0) is 6.42 Å². The van der Waals surface area contributed by atoms with Crippen molar-refractivity contribution < 1.29 is 0 Å². The Morgan fingerprint density at radius 3 is 1.93 bits per heavy atom. The van der Waals surface area contributed by atoms with Crippen LogP contribution in [0.1, 0.15) is 52.8 Å². The van der Waals surface area contributed by atoms with Gasteiger partial charge in [-0.2, -0.15) is 0 Å². The second-order valence-corrected chi connectivity index (χ2v) is 4.99. The molecule has 3 nitrogen and oxygen atoms in total. The highest BCUT2D eigenvalue weighted by Gasteiger charge is 2.16. The molecule has 1 aliphatic rings. The van der Waals surface area contributed by atoms with E-state index in [1.807, 2.05) is 90.1 Å². The van der Waals surface area contributed by atoms with Crippen LogP contribution in [-0.4, -0.2) is 15.7 Å². The molecule has 3 aromatic rings. The topological polar surface area (TPSA) is 38.1 Å². The number of hydrogen-bond acceptors (Lipinski definition) is 3. The van der Waals surface area contributed by atoms with Crippen LogP contribution in [0.4, 0.5) is 5.69 Å². The summed E-state index contributed by atoms with van der Waals surface area (Å²) in [6.07, 6.45) is 2.63. The van der Waals surface area contributed by atoms with Gasteiger partial charge in [0.05, 0.1) is 28.5 Å². The van der Waals surface area contributed by atoms with E-state index in [4.69, 9.17) is 9.98 Å². The molecule has 0 saturated carbocycles. The van der Waals surface area contributed by atoms with Gasteiger partial charge in [0.15, 0.2) is 0 Å². The summed E-state index contributed by atoms with van der Waals surface area (Å²) in [5, 5.41) is 0. The zero-order valence-corrected chi connectivity index (χ0v) is 17.4. The van der Waals surface area contributed by atoms with E-state index in [1.165, 1.54) is 5.56 Å². The molecule has 0 radical (unpaired) electrons. The predicted molar refractivity (Wildman–Crippen MR) is 118 cm³/mol. The first-order valence-corrected chi connectivity index (χ1v) is 9.94. The highest BCUT2D eigenvalue weighted by Crippen LogP contribution is 2.28. The molecule has 0 spiro atoms. The van der Waals surface area contributed by atoms with Crippen LogP contribution < -0.4 is 0 Å². The van der Waals surface area contributed by atoms with Gasteiger partial charge in [-0.25, -0.2) is 4.98 Å². The lowest BCUT2D eigenvalue weighted by atomic mass is 10.1. The first kappa shape index (κ1) is 22.2. The third kappa shape index (κ3) is 5.85. The lowest BCUT2D eigenvalue weighted by Crippen LogP contribution is -2.04. The monoisotopic (exact) mass is 361 g/mol. The standard InChI is InChI=1S/C18H13N3.3C2H6/c1-2-7-14-13(6-1)12-18(20-14)17-10-5-9-16(21-17)15-8-3-4-11-19-15;3*1-2/h1-11H,12H2;3*1-2H3. The Kier molecular flexibility index (Phi) is 10.3. The summed E-state index contributed by atoms with van der Waals surface area (Å²) in [6.45, 7) is 12.0. The molecule has 3 heteroatoms. The molecule has 0 unspecified atom stereocenters. The van der Waals surface area contributed by atoms with Crippen LogP contribution in [0, 0.1) is 0 Å². The SMILES string of the molecule is CC.CC.CC.c1ccc(-c2cccc(C3=Nc4ccccc4C3)n2)nc1. The number of rotatable bonds is 2. The minimum atomic E-state index is 0.842. The summed E-state index contributed by atoms with van der Waals surface area (Å²) in [7, 11) is 0. The highest BCUT2D eigenvalue weighted by molar-refractivity contribution is 6.05. The Bertz CT molecular complexity index is 824. The summed E-state index contributed by atoms with van der Waals surface area (Å²) in [4.78, 5) is 13.8. The summed E-state index contributed by atoms with van der Waals surface area (Å²) in [5.74, 6) is 0. The Hall–Kier alpha value is -2.81. The normalized spacial score (nSPS) is 10.7. The van der Waals surface area contributed by atoms with E-state index in [0.717, 1.165) is 34.9 Å². The van der Waals surface area contributed by atoms with Crippen LogP contribution in [0.3, 0.4) is 0 Å². The Morgan fingerprint density at radius 2 is 1.26 bits per heavy atom. The average molecular weight is 362 g/mol. The molecule has 0 atom stereocenters. The zero-order chi connectivity index (χ0) is 20.1. The number of pyridine rings is 2. The lowest BCUT2D eigenvalue weighted by molar-refractivity contribution is 1.22. The van der Waals surface area contributed by atoms with Gasteiger partial charge >= 0.3 is 0 Å². The summed E-state index contributed by atoms with van der Waals surface area (Å²) in [6, 6.07) is 20.1. The molecule has 0 N–H and O–H groups in total. The molecule has 4 rings (SSSR count). The van der Waals surface area contributed by atoms with Crippen molar-refractivity contribution in [3.8, 4) is 11.4 Å². The van der Waals surface area contributed by atoms with Crippen LogP contribution in [0.15, 0.2) is 71.9 Å². The molecule has 0 bridgehead atoms. The van der Waals surface area contributed by atoms with E-state index in [0.29, 0.717) is 0 Å². The molecule has 0 fully saturated rings. The van der Waals surface area contributed by atoms with E-state index in [9.17, 15) is 0 Å². The lowest BCUT2D eigenvalue weighted by Gasteiger charge is -2.03. The smallest absolute Gasteiger partial charge is 0.0894 e. The van der Waals surface area contributed by atoms with Crippen LogP contribution in [0.2, 0.25) is 0 Å². The van der Waals surface area contributed by atoms with Crippen molar-refractivity contribution in [3.05, 3.63) is 78.1 Å². The van der Waals surface area contributed by atoms with Crippen LogP contribution >= 0.6 is 0 Å².